The van der Waals surface area contributed by atoms with E-state index in [-0.39, 0.29) is 0 Å². The van der Waals surface area contributed by atoms with Crippen LogP contribution in [0, 0.1) is 0 Å². The van der Waals surface area contributed by atoms with Crippen molar-refractivity contribution < 1.29 is 4.74 Å². The third kappa shape index (κ3) is 3.47. The van der Waals surface area contributed by atoms with Crippen LogP contribution in [0.3, 0.4) is 0 Å². The van der Waals surface area contributed by atoms with E-state index in [1.165, 1.54) is 5.56 Å². The van der Waals surface area contributed by atoms with E-state index in [1.54, 1.807) is 6.20 Å². The molecule has 4 heteroatoms. The topological polar surface area (TPSA) is 48.1 Å². The van der Waals surface area contributed by atoms with Gasteiger partial charge in [-0.3, -0.25) is 0 Å². The van der Waals surface area contributed by atoms with E-state index in [0.29, 0.717) is 18.3 Å². The van der Waals surface area contributed by atoms with Crippen LogP contribution in [0.4, 0.5) is 5.82 Å². The Morgan fingerprint density at radius 1 is 1.32 bits per heavy atom. The summed E-state index contributed by atoms with van der Waals surface area (Å²) in [6.07, 6.45) is 1.68. The van der Waals surface area contributed by atoms with Gasteiger partial charge >= 0.3 is 0 Å². The number of nitrogens with two attached hydrogens (primary N) is 1. The molecule has 0 amide bonds. The molecular formula is C15H17BrN2O. The minimum atomic E-state index is 0.402. The summed E-state index contributed by atoms with van der Waals surface area (Å²) in [5, 5.41) is 0. The monoisotopic (exact) mass is 320 g/mol. The van der Waals surface area contributed by atoms with Crippen molar-refractivity contribution in [2.75, 3.05) is 5.73 Å². The second-order valence-corrected chi connectivity index (χ2v) is 5.59. The van der Waals surface area contributed by atoms with Crippen molar-refractivity contribution in [3.63, 3.8) is 0 Å². The number of nitrogen functional groups attached to an aromatic ring is 1. The van der Waals surface area contributed by atoms with Crippen molar-refractivity contribution in [1.29, 1.82) is 0 Å². The highest BCUT2D eigenvalue weighted by molar-refractivity contribution is 9.10. The van der Waals surface area contributed by atoms with Crippen LogP contribution in [0.5, 0.6) is 5.75 Å². The highest BCUT2D eigenvalue weighted by atomic mass is 79.9. The van der Waals surface area contributed by atoms with Crippen LogP contribution in [-0.2, 0) is 6.61 Å². The van der Waals surface area contributed by atoms with Gasteiger partial charge in [-0.15, -0.1) is 0 Å². The van der Waals surface area contributed by atoms with Gasteiger partial charge in [0.1, 0.15) is 18.2 Å². The average Bonchev–Trinajstić information content (AvgIpc) is 2.38. The van der Waals surface area contributed by atoms with Gasteiger partial charge in [-0.05, 0) is 35.7 Å². The van der Waals surface area contributed by atoms with Crippen molar-refractivity contribution in [3.05, 3.63) is 52.1 Å². The lowest BCUT2D eigenvalue weighted by molar-refractivity contribution is 0.302. The van der Waals surface area contributed by atoms with Gasteiger partial charge in [-0.2, -0.15) is 0 Å². The summed E-state index contributed by atoms with van der Waals surface area (Å²) < 4.78 is 6.94. The van der Waals surface area contributed by atoms with E-state index >= 15 is 0 Å². The molecule has 100 valence electrons. The number of nitrogens with zero attached hydrogens (tertiary/aromatic N) is 1. The molecule has 2 N–H and O–H groups in total. The quantitative estimate of drug-likeness (QED) is 0.921. The number of halogens is 1. The van der Waals surface area contributed by atoms with Gasteiger partial charge in [0.05, 0.1) is 0 Å². The summed E-state index contributed by atoms with van der Waals surface area (Å²) >= 11 is 3.49. The fourth-order valence-electron chi connectivity index (χ4n) is 1.83. The Morgan fingerprint density at radius 3 is 2.79 bits per heavy atom. The van der Waals surface area contributed by atoms with Crippen molar-refractivity contribution >= 4 is 21.7 Å². The first-order chi connectivity index (χ1) is 9.08. The molecule has 0 bridgehead atoms. The van der Waals surface area contributed by atoms with Crippen LogP contribution in [-0.4, -0.2) is 4.98 Å². The third-order valence-corrected chi connectivity index (χ3v) is 3.40. The summed E-state index contributed by atoms with van der Waals surface area (Å²) in [6.45, 7) is 4.72. The van der Waals surface area contributed by atoms with Crippen molar-refractivity contribution in [2.24, 2.45) is 0 Å². The first kappa shape index (κ1) is 13.9. The highest BCUT2D eigenvalue weighted by Gasteiger charge is 2.09. The molecule has 1 aromatic heterocycles. The predicted molar refractivity (Wildman–Crippen MR) is 81.2 cm³/mol. The lowest BCUT2D eigenvalue weighted by Crippen LogP contribution is -2.03. The average molecular weight is 321 g/mol. The smallest absolute Gasteiger partial charge is 0.129 e. The third-order valence-electron chi connectivity index (χ3n) is 2.90. The van der Waals surface area contributed by atoms with E-state index in [0.717, 1.165) is 15.8 Å². The van der Waals surface area contributed by atoms with Crippen LogP contribution in [0.25, 0.3) is 0 Å². The molecule has 0 saturated carbocycles. The number of benzene rings is 1. The maximum Gasteiger partial charge on any atom is 0.129 e. The Hall–Kier alpha value is -1.55. The Labute approximate surface area is 121 Å². The van der Waals surface area contributed by atoms with Crippen molar-refractivity contribution in [3.8, 4) is 5.75 Å². The maximum absolute atomic E-state index is 5.88. The molecule has 0 unspecified atom stereocenters. The van der Waals surface area contributed by atoms with Crippen LogP contribution < -0.4 is 10.5 Å². The largest absolute Gasteiger partial charge is 0.488 e. The second-order valence-electron chi connectivity index (χ2n) is 4.67. The second kappa shape index (κ2) is 6.06. The van der Waals surface area contributed by atoms with Gasteiger partial charge in [-0.1, -0.05) is 35.8 Å². The van der Waals surface area contributed by atoms with Gasteiger partial charge in [0.15, 0.2) is 0 Å². The van der Waals surface area contributed by atoms with E-state index < -0.39 is 0 Å². The van der Waals surface area contributed by atoms with Crippen LogP contribution in [0.1, 0.15) is 30.9 Å². The molecule has 0 radical (unpaired) electrons. The molecule has 3 nitrogen and oxygen atoms in total. The number of hydrogen-bond donors (Lipinski definition) is 1. The normalized spacial score (nSPS) is 10.7. The molecule has 0 atom stereocenters. The molecule has 0 spiro atoms. The summed E-state index contributed by atoms with van der Waals surface area (Å²) in [4.78, 5) is 4.05. The van der Waals surface area contributed by atoms with Gasteiger partial charge in [0, 0.05) is 16.2 Å². The molecule has 1 heterocycles. The Balaban J connectivity index is 2.18. The van der Waals surface area contributed by atoms with Gasteiger partial charge in [-0.25, -0.2) is 4.98 Å². The zero-order valence-corrected chi connectivity index (χ0v) is 12.6. The predicted octanol–water partition coefficient (Wildman–Crippen LogP) is 4.13. The lowest BCUT2D eigenvalue weighted by Gasteiger charge is -2.15. The fraction of sp³-hybridized carbons (Fsp3) is 0.267. The molecule has 0 aliphatic rings. The summed E-state index contributed by atoms with van der Waals surface area (Å²) in [6, 6.07) is 9.84. The summed E-state index contributed by atoms with van der Waals surface area (Å²) in [5.74, 6) is 1.81. The zero-order chi connectivity index (χ0) is 13.8. The number of ether oxygens (including phenoxy) is 1. The number of rotatable bonds is 4. The number of anilines is 1. The van der Waals surface area contributed by atoms with Crippen LogP contribution in [0.15, 0.2) is 41.0 Å². The molecule has 2 rings (SSSR count). The minimum Gasteiger partial charge on any atom is -0.488 e. The lowest BCUT2D eigenvalue weighted by atomic mass is 10.0. The van der Waals surface area contributed by atoms with Crippen LogP contribution in [0.2, 0.25) is 0 Å². The van der Waals surface area contributed by atoms with Gasteiger partial charge in [0.25, 0.3) is 0 Å². The number of aromatic nitrogens is 1. The number of hydrogen-bond acceptors (Lipinski definition) is 3. The van der Waals surface area contributed by atoms with E-state index in [1.807, 2.05) is 24.3 Å². The zero-order valence-electron chi connectivity index (χ0n) is 11.1. The van der Waals surface area contributed by atoms with Crippen molar-refractivity contribution in [2.45, 2.75) is 26.4 Å². The molecule has 2 aromatic rings. The Morgan fingerprint density at radius 2 is 2.11 bits per heavy atom. The van der Waals surface area contributed by atoms with E-state index in [9.17, 15) is 0 Å². The first-order valence-electron chi connectivity index (χ1n) is 6.19. The molecular weight excluding hydrogens is 304 g/mol. The van der Waals surface area contributed by atoms with E-state index in [2.05, 4.69) is 40.8 Å². The Kier molecular flexibility index (Phi) is 4.43. The summed E-state index contributed by atoms with van der Waals surface area (Å²) in [7, 11) is 0. The number of pyridine rings is 1. The molecule has 0 fully saturated rings. The molecule has 0 aliphatic heterocycles. The Bertz CT molecular complexity index is 570. The molecule has 0 saturated heterocycles. The molecule has 19 heavy (non-hydrogen) atoms. The summed E-state index contributed by atoms with van der Waals surface area (Å²) in [5.41, 5.74) is 7.89. The minimum absolute atomic E-state index is 0.402. The fourth-order valence-corrected chi connectivity index (χ4v) is 2.21. The maximum atomic E-state index is 5.88. The van der Waals surface area contributed by atoms with Crippen molar-refractivity contribution in [1.82, 2.24) is 4.98 Å². The van der Waals surface area contributed by atoms with Gasteiger partial charge in [0.2, 0.25) is 0 Å². The van der Waals surface area contributed by atoms with E-state index in [4.69, 9.17) is 10.5 Å². The molecule has 0 aliphatic carbocycles. The highest BCUT2D eigenvalue weighted by Crippen LogP contribution is 2.30. The first-order valence-corrected chi connectivity index (χ1v) is 6.99. The molecule has 1 aromatic carbocycles. The van der Waals surface area contributed by atoms with Gasteiger partial charge < -0.3 is 10.5 Å². The SMILES string of the molecule is CC(C)c1cc(Br)ccc1OCc1cccnc1N. The van der Waals surface area contributed by atoms with Crippen LogP contribution >= 0.6 is 15.9 Å². The standard InChI is InChI=1S/C15H17BrN2O/c1-10(2)13-8-12(16)5-6-14(13)19-9-11-4-3-7-18-15(11)17/h3-8,10H,9H2,1-2H3,(H2,17,18).